The van der Waals surface area contributed by atoms with Crippen LogP contribution in [0.3, 0.4) is 0 Å². The topological polar surface area (TPSA) is 102 Å². The maximum Gasteiger partial charge on any atom is 0.181 e. The van der Waals surface area contributed by atoms with Gasteiger partial charge in [-0.05, 0) is 85.3 Å². The van der Waals surface area contributed by atoms with Crippen LogP contribution in [0.1, 0.15) is 36.1 Å². The van der Waals surface area contributed by atoms with Crippen LogP contribution in [0, 0.1) is 0 Å². The normalized spacial score (nSPS) is 19.2. The number of hydrogen-bond donors (Lipinski definition) is 4. The average molecular weight is 467 g/mol. The van der Waals surface area contributed by atoms with Crippen LogP contribution in [0.4, 0.5) is 10.3 Å². The van der Waals surface area contributed by atoms with Crippen LogP contribution in [0.25, 0.3) is 20.4 Å². The van der Waals surface area contributed by atoms with Crippen molar-refractivity contribution < 1.29 is 0 Å². The molecule has 0 saturated heterocycles. The fraction of sp³-hybridized carbons (Fsp3) is 0.417. The highest BCUT2D eigenvalue weighted by molar-refractivity contribution is 7.22. The average Bonchev–Trinajstić information content (AvgIpc) is 3.48. The van der Waals surface area contributed by atoms with Gasteiger partial charge in [0.15, 0.2) is 10.3 Å². The molecule has 32 heavy (non-hydrogen) atoms. The first-order valence-corrected chi connectivity index (χ1v) is 13.0. The number of likely N-dealkylation sites (N-methyl/N-ethyl adjacent to an activating group) is 2. The summed E-state index contributed by atoms with van der Waals surface area (Å²) in [5.41, 5.74) is 19.3. The lowest BCUT2D eigenvalue weighted by Crippen LogP contribution is -2.28. The molecule has 0 fully saturated rings. The van der Waals surface area contributed by atoms with Crippen LogP contribution in [-0.2, 0) is 25.7 Å². The van der Waals surface area contributed by atoms with E-state index in [-0.39, 0.29) is 0 Å². The SMILES string of the molecule is CCNC1Cc2cc3nc(N)sc3cc2C1.CCN[C@@H]1Cc2cc3nc(N)sc3cc2C1. The molecule has 168 valence electrons. The minimum absolute atomic E-state index is 0.605. The third kappa shape index (κ3) is 4.32. The summed E-state index contributed by atoms with van der Waals surface area (Å²) in [6.07, 6.45) is 4.51. The zero-order valence-electron chi connectivity index (χ0n) is 18.6. The van der Waals surface area contributed by atoms with Crippen molar-refractivity contribution in [3.63, 3.8) is 0 Å². The number of thiazole rings is 2. The molecule has 2 heterocycles. The third-order valence-corrected chi connectivity index (χ3v) is 8.00. The number of anilines is 2. The minimum atomic E-state index is 0.605. The molecule has 6 N–H and O–H groups in total. The molecule has 8 heteroatoms. The molecule has 4 aromatic rings. The molecule has 0 spiro atoms. The van der Waals surface area contributed by atoms with Gasteiger partial charge in [0.2, 0.25) is 0 Å². The van der Waals surface area contributed by atoms with Crippen molar-refractivity contribution in [3.8, 4) is 0 Å². The van der Waals surface area contributed by atoms with Gasteiger partial charge in [-0.3, -0.25) is 0 Å². The standard InChI is InChI=1S/2C12H15N3S/c2*1-2-14-9-3-7-5-10-11(6-8(7)4-9)16-12(13)15-10/h2*5-6,9,14H,2-4H2,1H3,(H2,13,15)/t9-;/m1./s1. The summed E-state index contributed by atoms with van der Waals surface area (Å²) in [4.78, 5) is 8.68. The number of nitrogens with one attached hydrogen (secondary N) is 2. The van der Waals surface area contributed by atoms with Crippen LogP contribution in [0.15, 0.2) is 24.3 Å². The van der Waals surface area contributed by atoms with Crippen LogP contribution in [0.5, 0.6) is 0 Å². The van der Waals surface area contributed by atoms with Gasteiger partial charge in [0, 0.05) is 12.1 Å². The lowest BCUT2D eigenvalue weighted by Gasteiger charge is -2.08. The first-order valence-electron chi connectivity index (χ1n) is 11.3. The minimum Gasteiger partial charge on any atom is -0.375 e. The highest BCUT2D eigenvalue weighted by Gasteiger charge is 2.22. The van der Waals surface area contributed by atoms with E-state index in [4.69, 9.17) is 11.5 Å². The molecule has 0 saturated carbocycles. The van der Waals surface area contributed by atoms with E-state index in [0.717, 1.165) is 49.8 Å². The molecule has 6 rings (SSSR count). The number of nitrogens with two attached hydrogens (primary N) is 2. The Bertz CT molecular complexity index is 1080. The molecule has 2 aromatic carbocycles. The largest absolute Gasteiger partial charge is 0.375 e. The molecular formula is C24H30N6S2. The number of aromatic nitrogens is 2. The molecule has 0 aliphatic heterocycles. The van der Waals surface area contributed by atoms with Gasteiger partial charge in [0.25, 0.3) is 0 Å². The molecule has 1 unspecified atom stereocenters. The van der Waals surface area contributed by atoms with Crippen LogP contribution in [0.2, 0.25) is 0 Å². The summed E-state index contributed by atoms with van der Waals surface area (Å²) in [6, 6.07) is 10.1. The Morgan fingerprint density at radius 3 is 1.47 bits per heavy atom. The summed E-state index contributed by atoms with van der Waals surface area (Å²) in [7, 11) is 0. The maximum absolute atomic E-state index is 5.72. The third-order valence-electron chi connectivity index (χ3n) is 6.30. The Balaban J connectivity index is 0.000000135. The van der Waals surface area contributed by atoms with Gasteiger partial charge < -0.3 is 22.1 Å². The first kappa shape index (κ1) is 21.6. The van der Waals surface area contributed by atoms with E-state index in [1.807, 2.05) is 0 Å². The predicted molar refractivity (Wildman–Crippen MR) is 138 cm³/mol. The maximum atomic E-state index is 5.72. The predicted octanol–water partition coefficient (Wildman–Crippen LogP) is 3.91. The lowest BCUT2D eigenvalue weighted by atomic mass is 10.1. The fourth-order valence-corrected chi connectivity index (χ4v) is 6.55. The summed E-state index contributed by atoms with van der Waals surface area (Å²) >= 11 is 3.16. The summed E-state index contributed by atoms with van der Waals surface area (Å²) in [6.45, 7) is 6.39. The second-order valence-electron chi connectivity index (χ2n) is 8.61. The van der Waals surface area contributed by atoms with Crippen molar-refractivity contribution in [1.29, 1.82) is 0 Å². The molecule has 0 amide bonds. The quantitative estimate of drug-likeness (QED) is 0.364. The monoisotopic (exact) mass is 466 g/mol. The number of benzene rings is 2. The molecule has 2 aliphatic carbocycles. The fourth-order valence-electron chi connectivity index (χ4n) is 4.99. The lowest BCUT2D eigenvalue weighted by molar-refractivity contribution is 0.552. The number of nitrogen functional groups attached to an aromatic ring is 2. The van der Waals surface area contributed by atoms with E-state index in [1.54, 1.807) is 22.7 Å². The van der Waals surface area contributed by atoms with E-state index in [2.05, 4.69) is 58.7 Å². The molecule has 2 atom stereocenters. The Kier molecular flexibility index (Phi) is 6.03. The van der Waals surface area contributed by atoms with Crippen LogP contribution in [-0.4, -0.2) is 35.1 Å². The highest BCUT2D eigenvalue weighted by Crippen LogP contribution is 2.32. The Hall–Kier alpha value is -2.26. The van der Waals surface area contributed by atoms with Crippen LogP contribution < -0.4 is 22.1 Å². The Labute approximate surface area is 196 Å². The zero-order valence-corrected chi connectivity index (χ0v) is 20.2. The van der Waals surface area contributed by atoms with Gasteiger partial charge in [-0.25, -0.2) is 9.97 Å². The number of rotatable bonds is 4. The second kappa shape index (κ2) is 8.94. The first-order chi connectivity index (χ1) is 15.5. The van der Waals surface area contributed by atoms with E-state index in [1.165, 1.54) is 31.7 Å². The van der Waals surface area contributed by atoms with Crippen molar-refractivity contribution in [1.82, 2.24) is 20.6 Å². The second-order valence-corrected chi connectivity index (χ2v) is 10.7. The Morgan fingerprint density at radius 2 is 1.09 bits per heavy atom. The van der Waals surface area contributed by atoms with E-state index in [0.29, 0.717) is 22.3 Å². The van der Waals surface area contributed by atoms with Gasteiger partial charge in [-0.2, -0.15) is 0 Å². The van der Waals surface area contributed by atoms with Crippen molar-refractivity contribution in [2.75, 3.05) is 24.6 Å². The summed E-state index contributed by atoms with van der Waals surface area (Å²) in [5.74, 6) is 0. The smallest absolute Gasteiger partial charge is 0.181 e. The van der Waals surface area contributed by atoms with Crippen LogP contribution >= 0.6 is 22.7 Å². The van der Waals surface area contributed by atoms with Crippen molar-refractivity contribution in [2.45, 2.75) is 51.6 Å². The molecule has 2 aliphatic rings. The number of hydrogen-bond acceptors (Lipinski definition) is 8. The van der Waals surface area contributed by atoms with Gasteiger partial charge in [0.1, 0.15) is 0 Å². The molecule has 6 nitrogen and oxygen atoms in total. The van der Waals surface area contributed by atoms with Gasteiger partial charge in [0.05, 0.1) is 20.4 Å². The van der Waals surface area contributed by atoms with Crippen molar-refractivity contribution in [2.24, 2.45) is 0 Å². The van der Waals surface area contributed by atoms with Gasteiger partial charge in [-0.15, -0.1) is 0 Å². The summed E-state index contributed by atoms with van der Waals surface area (Å²) in [5, 5.41) is 8.35. The van der Waals surface area contributed by atoms with Crippen molar-refractivity contribution >= 4 is 53.4 Å². The van der Waals surface area contributed by atoms with Gasteiger partial charge in [-0.1, -0.05) is 36.5 Å². The molecule has 0 bridgehead atoms. The summed E-state index contributed by atoms with van der Waals surface area (Å²) < 4.78 is 2.43. The van der Waals surface area contributed by atoms with Gasteiger partial charge >= 0.3 is 0 Å². The molecule has 2 aromatic heterocycles. The van der Waals surface area contributed by atoms with E-state index < -0.39 is 0 Å². The van der Waals surface area contributed by atoms with Crippen molar-refractivity contribution in [3.05, 3.63) is 46.5 Å². The molecular weight excluding hydrogens is 436 g/mol. The van der Waals surface area contributed by atoms with E-state index in [9.17, 15) is 0 Å². The number of fused-ring (bicyclic) bond motifs is 4. The zero-order chi connectivity index (χ0) is 22.2. The van der Waals surface area contributed by atoms with E-state index >= 15 is 0 Å². The molecule has 0 radical (unpaired) electrons. The Morgan fingerprint density at radius 1 is 0.719 bits per heavy atom. The highest BCUT2D eigenvalue weighted by atomic mass is 32.1. The number of nitrogens with zero attached hydrogens (tertiary/aromatic N) is 2.